The van der Waals surface area contributed by atoms with Gasteiger partial charge in [0.05, 0.1) is 0 Å². The van der Waals surface area contributed by atoms with E-state index in [1.54, 1.807) is 0 Å². The van der Waals surface area contributed by atoms with Gasteiger partial charge in [0.2, 0.25) is 0 Å². The fraction of sp³-hybridized carbons (Fsp3) is 0. The van der Waals surface area contributed by atoms with Crippen LogP contribution in [-0.2, 0) is 0 Å². The molecule has 3 aromatic carbocycles. The fourth-order valence-corrected chi connectivity index (χ4v) is 17.0. The van der Waals surface area contributed by atoms with E-state index in [-0.39, 0.29) is 0 Å². The molecule has 0 fully saturated rings. The number of nitrogens with zero attached hydrogens (tertiary/aromatic N) is 1. The van der Waals surface area contributed by atoms with E-state index in [1.165, 1.54) is 14.3 Å². The van der Waals surface area contributed by atoms with Crippen molar-refractivity contribution in [2.24, 2.45) is 0 Å². The predicted molar refractivity (Wildman–Crippen MR) is 108 cm³/mol. The molecular weight excluding hydrogens is 409 g/mol. The first-order valence-corrected chi connectivity index (χ1v) is 14.2. The summed E-state index contributed by atoms with van der Waals surface area (Å²) in [6.45, 7) is 0. The summed E-state index contributed by atoms with van der Waals surface area (Å²) in [6.07, 6.45) is 3.93. The third-order valence-electron chi connectivity index (χ3n) is 4.71. The van der Waals surface area contributed by atoms with Crippen molar-refractivity contribution in [2.75, 3.05) is 0 Å². The van der Waals surface area contributed by atoms with E-state index < -0.39 is 18.4 Å². The molecule has 0 unspecified atom stereocenters. The van der Waals surface area contributed by atoms with Crippen LogP contribution in [0.3, 0.4) is 0 Å². The molecule has 0 saturated heterocycles. The molecule has 0 aliphatic rings. The Hall–Kier alpha value is -2.39. The first kappa shape index (κ1) is 16.1. The average molecular weight is 428 g/mol. The molecule has 0 bridgehead atoms. The van der Waals surface area contributed by atoms with Crippen LogP contribution >= 0.6 is 0 Å². The molecule has 0 aliphatic heterocycles. The van der Waals surface area contributed by atoms with Crippen LogP contribution in [0.25, 0.3) is 0 Å². The third-order valence-corrected chi connectivity index (χ3v) is 18.3. The van der Waals surface area contributed by atoms with Gasteiger partial charge in [-0.25, -0.2) is 0 Å². The second-order valence-corrected chi connectivity index (χ2v) is 17.0. The van der Waals surface area contributed by atoms with Crippen LogP contribution in [-0.4, -0.2) is 23.4 Å². The quantitative estimate of drug-likeness (QED) is 0.456. The molecule has 0 N–H and O–H groups in total. The molecule has 0 atom stereocenters. The first-order chi connectivity index (χ1) is 12.4. The molecule has 2 heteroatoms. The van der Waals surface area contributed by atoms with Crippen molar-refractivity contribution < 1.29 is 0 Å². The number of pyridine rings is 1. The SMILES string of the molecule is c1cc[c]([Sn]([c]2ccccc2)([c]2ccccc2)[c]2cccnc2)cc1. The normalized spacial score (nSPS) is 11.2. The van der Waals surface area contributed by atoms with Gasteiger partial charge in [0.1, 0.15) is 0 Å². The van der Waals surface area contributed by atoms with E-state index in [9.17, 15) is 0 Å². The van der Waals surface area contributed by atoms with Crippen LogP contribution in [0.15, 0.2) is 116 Å². The van der Waals surface area contributed by atoms with Crippen molar-refractivity contribution in [2.45, 2.75) is 0 Å². The zero-order chi connectivity index (χ0) is 17.0. The Morgan fingerprint density at radius 3 is 1.20 bits per heavy atom. The summed E-state index contributed by atoms with van der Waals surface area (Å²) in [5.41, 5.74) is 0. The second kappa shape index (κ2) is 7.24. The van der Waals surface area contributed by atoms with Crippen molar-refractivity contribution in [3.05, 3.63) is 116 Å². The Bertz CT molecular complexity index is 759. The molecular formula is C23H19NSn. The zero-order valence-corrected chi connectivity index (χ0v) is 16.8. The van der Waals surface area contributed by atoms with Crippen molar-refractivity contribution >= 4 is 32.7 Å². The number of hydrogen-bond acceptors (Lipinski definition) is 1. The zero-order valence-electron chi connectivity index (χ0n) is 13.9. The summed E-state index contributed by atoms with van der Waals surface area (Å²) in [7, 11) is 0. The number of aromatic nitrogens is 1. The molecule has 120 valence electrons. The van der Waals surface area contributed by atoms with Crippen LogP contribution in [0.2, 0.25) is 0 Å². The van der Waals surface area contributed by atoms with E-state index >= 15 is 0 Å². The fourth-order valence-electron chi connectivity index (χ4n) is 3.65. The molecule has 4 aromatic rings. The van der Waals surface area contributed by atoms with Crippen molar-refractivity contribution in [3.8, 4) is 0 Å². The molecule has 0 amide bonds. The molecule has 1 nitrogen and oxygen atoms in total. The molecule has 4 rings (SSSR count). The summed E-state index contributed by atoms with van der Waals surface area (Å²) in [5, 5.41) is 0. The molecule has 1 aromatic heterocycles. The van der Waals surface area contributed by atoms with E-state index in [0.717, 1.165) is 0 Å². The average Bonchev–Trinajstić information content (AvgIpc) is 2.72. The minimum atomic E-state index is -3.37. The van der Waals surface area contributed by atoms with Gasteiger partial charge in [0.25, 0.3) is 0 Å². The van der Waals surface area contributed by atoms with Gasteiger partial charge in [-0.3, -0.25) is 0 Å². The van der Waals surface area contributed by atoms with Crippen molar-refractivity contribution in [1.82, 2.24) is 4.98 Å². The Balaban J connectivity index is 2.13. The summed E-state index contributed by atoms with van der Waals surface area (Å²) < 4.78 is 5.71. The first-order valence-electron chi connectivity index (χ1n) is 8.49. The minimum absolute atomic E-state index is 1.38. The summed E-state index contributed by atoms with van der Waals surface area (Å²) in [6, 6.07) is 37.3. The monoisotopic (exact) mass is 429 g/mol. The Morgan fingerprint density at radius 1 is 0.440 bits per heavy atom. The standard InChI is InChI=1S/3C6H5.C5H4N.Sn/c4*1-2-4-6-5-3-1;/h3*1-5H;1-2,4-5H;. The molecule has 25 heavy (non-hydrogen) atoms. The van der Waals surface area contributed by atoms with Crippen LogP contribution in [0.4, 0.5) is 0 Å². The van der Waals surface area contributed by atoms with Crippen LogP contribution in [0.1, 0.15) is 0 Å². The summed E-state index contributed by atoms with van der Waals surface area (Å²) in [5.74, 6) is 0. The number of rotatable bonds is 4. The van der Waals surface area contributed by atoms with Crippen LogP contribution in [0.5, 0.6) is 0 Å². The Kier molecular flexibility index (Phi) is 4.66. The maximum atomic E-state index is 4.48. The Labute approximate surface area is 152 Å². The van der Waals surface area contributed by atoms with Gasteiger partial charge in [-0.05, 0) is 0 Å². The third kappa shape index (κ3) is 2.89. The van der Waals surface area contributed by atoms with Gasteiger partial charge < -0.3 is 0 Å². The van der Waals surface area contributed by atoms with Crippen molar-refractivity contribution in [1.29, 1.82) is 0 Å². The van der Waals surface area contributed by atoms with E-state index in [0.29, 0.717) is 0 Å². The number of benzene rings is 3. The van der Waals surface area contributed by atoms with Crippen molar-refractivity contribution in [3.63, 3.8) is 0 Å². The topological polar surface area (TPSA) is 12.9 Å². The maximum absolute atomic E-state index is 4.48. The predicted octanol–water partition coefficient (Wildman–Crippen LogP) is 2.46. The Morgan fingerprint density at radius 2 is 0.840 bits per heavy atom. The van der Waals surface area contributed by atoms with Gasteiger partial charge in [-0.1, -0.05) is 0 Å². The van der Waals surface area contributed by atoms with Gasteiger partial charge in [-0.2, -0.15) is 0 Å². The van der Waals surface area contributed by atoms with Gasteiger partial charge in [0.15, 0.2) is 0 Å². The van der Waals surface area contributed by atoms with E-state index in [1.807, 2.05) is 6.20 Å². The second-order valence-electron chi connectivity index (χ2n) is 6.09. The molecule has 0 spiro atoms. The van der Waals surface area contributed by atoms with Crippen LogP contribution in [0, 0.1) is 0 Å². The van der Waals surface area contributed by atoms with E-state index in [2.05, 4.69) is 114 Å². The van der Waals surface area contributed by atoms with Crippen LogP contribution < -0.4 is 14.3 Å². The molecule has 0 radical (unpaired) electrons. The summed E-state index contributed by atoms with van der Waals surface area (Å²) >= 11 is -3.37. The van der Waals surface area contributed by atoms with Gasteiger partial charge in [-0.15, -0.1) is 0 Å². The molecule has 1 heterocycles. The van der Waals surface area contributed by atoms with Gasteiger partial charge in [0, 0.05) is 0 Å². The van der Waals surface area contributed by atoms with Gasteiger partial charge >= 0.3 is 153 Å². The van der Waals surface area contributed by atoms with E-state index in [4.69, 9.17) is 0 Å². The summed E-state index contributed by atoms with van der Waals surface area (Å²) in [4.78, 5) is 4.48. The molecule has 0 saturated carbocycles. The molecule has 0 aliphatic carbocycles. The number of hydrogen-bond donors (Lipinski definition) is 0.